The number of anilines is 1. The van der Waals surface area contributed by atoms with E-state index in [4.69, 9.17) is 0 Å². The van der Waals surface area contributed by atoms with Gasteiger partial charge in [0.05, 0.1) is 17.9 Å². The highest BCUT2D eigenvalue weighted by molar-refractivity contribution is 7.92. The number of rotatable bonds is 3. The van der Waals surface area contributed by atoms with Crippen molar-refractivity contribution < 1.29 is 18.3 Å². The zero-order chi connectivity index (χ0) is 17.1. The summed E-state index contributed by atoms with van der Waals surface area (Å²) >= 11 is 0. The maximum Gasteiger partial charge on any atom is 0.312 e. The Labute approximate surface area is 139 Å². The molecule has 1 unspecified atom stereocenters. The van der Waals surface area contributed by atoms with E-state index in [1.807, 2.05) is 0 Å². The monoisotopic (exact) mass is 347 g/mol. The van der Waals surface area contributed by atoms with Crippen LogP contribution in [0.5, 0.6) is 0 Å². The zero-order valence-corrected chi connectivity index (χ0v) is 14.0. The van der Waals surface area contributed by atoms with Crippen molar-refractivity contribution >= 4 is 21.7 Å². The Morgan fingerprint density at radius 2 is 2.04 bits per heavy atom. The number of carboxylic acids is 1. The first-order valence-electron chi connectivity index (χ1n) is 7.80. The van der Waals surface area contributed by atoms with E-state index in [-0.39, 0.29) is 11.6 Å². The summed E-state index contributed by atoms with van der Waals surface area (Å²) in [5, 5.41) is 14.0. The molecule has 1 aromatic carbocycles. The molecule has 0 radical (unpaired) electrons. The predicted octanol–water partition coefficient (Wildman–Crippen LogP) is 1.29. The first kappa shape index (κ1) is 15.2. The van der Waals surface area contributed by atoms with Crippen LogP contribution in [-0.4, -0.2) is 35.8 Å². The number of fused-ring (bicyclic) bond motifs is 2. The number of aromatic nitrogens is 2. The van der Waals surface area contributed by atoms with Crippen LogP contribution in [0.2, 0.25) is 0 Å². The lowest BCUT2D eigenvalue weighted by Crippen LogP contribution is -2.33. The van der Waals surface area contributed by atoms with Crippen LogP contribution in [0.4, 0.5) is 5.69 Å². The van der Waals surface area contributed by atoms with Crippen LogP contribution in [0.15, 0.2) is 29.3 Å². The Bertz CT molecular complexity index is 948. The topological polar surface area (TPSA) is 92.5 Å². The minimum atomic E-state index is -3.86. The predicted molar refractivity (Wildman–Crippen MR) is 86.6 cm³/mol. The van der Waals surface area contributed by atoms with Crippen molar-refractivity contribution in [3.63, 3.8) is 0 Å². The van der Waals surface area contributed by atoms with Crippen molar-refractivity contribution in [2.75, 3.05) is 10.8 Å². The molecule has 0 fully saturated rings. The van der Waals surface area contributed by atoms with E-state index < -0.39 is 21.9 Å². The SMILES string of the molecule is Cn1nc2c(c1S(=O)(=O)N1CC(C(=O)O)c3ccccc31)CCC2. The number of carboxylic acid groups (broad SMARTS) is 1. The van der Waals surface area contributed by atoms with E-state index in [2.05, 4.69) is 5.10 Å². The summed E-state index contributed by atoms with van der Waals surface area (Å²) in [6.45, 7) is -0.0863. The third-order valence-electron chi connectivity index (χ3n) is 4.77. The molecule has 1 atom stereocenters. The zero-order valence-electron chi connectivity index (χ0n) is 13.1. The van der Waals surface area contributed by atoms with Crippen LogP contribution >= 0.6 is 0 Å². The van der Waals surface area contributed by atoms with Crippen LogP contribution in [0, 0.1) is 0 Å². The van der Waals surface area contributed by atoms with Gasteiger partial charge < -0.3 is 5.11 Å². The van der Waals surface area contributed by atoms with Gasteiger partial charge in [0.1, 0.15) is 5.92 Å². The lowest BCUT2D eigenvalue weighted by molar-refractivity contribution is -0.138. The van der Waals surface area contributed by atoms with Crippen molar-refractivity contribution in [1.82, 2.24) is 9.78 Å². The van der Waals surface area contributed by atoms with E-state index in [0.29, 0.717) is 17.7 Å². The van der Waals surface area contributed by atoms with Crippen LogP contribution in [-0.2, 0) is 34.7 Å². The first-order valence-corrected chi connectivity index (χ1v) is 9.24. The molecule has 8 heteroatoms. The van der Waals surface area contributed by atoms with Crippen molar-refractivity contribution in [1.29, 1.82) is 0 Å². The highest BCUT2D eigenvalue weighted by Crippen LogP contribution is 2.41. The molecule has 2 aliphatic rings. The Hall–Kier alpha value is -2.35. The lowest BCUT2D eigenvalue weighted by atomic mass is 10.0. The van der Waals surface area contributed by atoms with Gasteiger partial charge >= 0.3 is 5.97 Å². The van der Waals surface area contributed by atoms with Gasteiger partial charge in [0.25, 0.3) is 10.0 Å². The maximum absolute atomic E-state index is 13.3. The average molecular weight is 347 g/mol. The van der Waals surface area contributed by atoms with E-state index >= 15 is 0 Å². The Kier molecular flexibility index (Phi) is 3.21. The molecule has 0 saturated heterocycles. The fourth-order valence-corrected chi connectivity index (χ4v) is 5.61. The molecule has 0 bridgehead atoms. The molecule has 0 saturated carbocycles. The van der Waals surface area contributed by atoms with Crippen LogP contribution in [0.25, 0.3) is 0 Å². The van der Waals surface area contributed by atoms with E-state index in [0.717, 1.165) is 24.1 Å². The second-order valence-corrected chi connectivity index (χ2v) is 7.97. The smallest absolute Gasteiger partial charge is 0.312 e. The van der Waals surface area contributed by atoms with Crippen molar-refractivity contribution in [3.05, 3.63) is 41.1 Å². The standard InChI is InChI=1S/C16H17N3O4S/c1-18-15(11-6-4-7-13(11)17-18)24(22,23)19-9-12(16(20)21)10-5-2-3-8-14(10)19/h2-3,5,8,12H,4,6-7,9H2,1H3,(H,20,21). The number of aryl methyl sites for hydroxylation is 2. The van der Waals surface area contributed by atoms with E-state index in [1.165, 1.54) is 8.99 Å². The number of nitrogens with zero attached hydrogens (tertiary/aromatic N) is 3. The molecule has 1 aliphatic carbocycles. The molecule has 1 N–H and O–H groups in total. The number of sulfonamides is 1. The van der Waals surface area contributed by atoms with E-state index in [1.54, 1.807) is 31.3 Å². The second kappa shape index (κ2) is 5.07. The highest BCUT2D eigenvalue weighted by Gasteiger charge is 2.42. The van der Waals surface area contributed by atoms with Crippen LogP contribution in [0.3, 0.4) is 0 Å². The van der Waals surface area contributed by atoms with Gasteiger partial charge in [-0.05, 0) is 30.9 Å². The summed E-state index contributed by atoms with van der Waals surface area (Å²) in [4.78, 5) is 11.5. The third kappa shape index (κ3) is 1.99. The van der Waals surface area contributed by atoms with Crippen molar-refractivity contribution in [3.8, 4) is 0 Å². The van der Waals surface area contributed by atoms with Gasteiger partial charge in [0.15, 0.2) is 5.03 Å². The van der Waals surface area contributed by atoms with Crippen LogP contribution < -0.4 is 4.31 Å². The van der Waals surface area contributed by atoms with Gasteiger partial charge in [-0.3, -0.25) is 13.8 Å². The molecule has 2 heterocycles. The second-order valence-electron chi connectivity index (χ2n) is 6.19. The van der Waals surface area contributed by atoms with Crippen molar-refractivity contribution in [2.24, 2.45) is 7.05 Å². The number of hydrogen-bond acceptors (Lipinski definition) is 4. The molecule has 1 aliphatic heterocycles. The molecule has 0 spiro atoms. The molecule has 0 amide bonds. The normalized spacial score (nSPS) is 19.4. The number of aliphatic carboxylic acids is 1. The Morgan fingerprint density at radius 3 is 2.79 bits per heavy atom. The largest absolute Gasteiger partial charge is 0.481 e. The van der Waals surface area contributed by atoms with Crippen molar-refractivity contribution in [2.45, 2.75) is 30.2 Å². The fourth-order valence-electron chi connectivity index (χ4n) is 3.73. The van der Waals surface area contributed by atoms with Gasteiger partial charge in [0, 0.05) is 12.6 Å². The quantitative estimate of drug-likeness (QED) is 0.903. The summed E-state index contributed by atoms with van der Waals surface area (Å²) < 4.78 is 29.2. The number of carbonyl (C=O) groups is 1. The molecule has 7 nitrogen and oxygen atoms in total. The summed E-state index contributed by atoms with van der Waals surface area (Å²) in [7, 11) is -2.23. The molecule has 1 aromatic heterocycles. The maximum atomic E-state index is 13.3. The van der Waals surface area contributed by atoms with Gasteiger partial charge in [-0.15, -0.1) is 0 Å². The first-order chi connectivity index (χ1) is 11.4. The average Bonchev–Trinajstić information content (AvgIpc) is 3.18. The van der Waals surface area contributed by atoms with Crippen LogP contribution in [0.1, 0.15) is 29.2 Å². The molecule has 24 heavy (non-hydrogen) atoms. The van der Waals surface area contributed by atoms with Gasteiger partial charge in [-0.25, -0.2) is 0 Å². The molecule has 126 valence electrons. The third-order valence-corrected chi connectivity index (χ3v) is 6.70. The minimum Gasteiger partial charge on any atom is -0.481 e. The lowest BCUT2D eigenvalue weighted by Gasteiger charge is -2.20. The summed E-state index contributed by atoms with van der Waals surface area (Å²) in [6.07, 6.45) is 2.37. The number of benzene rings is 1. The molecule has 4 rings (SSSR count). The van der Waals surface area contributed by atoms with Gasteiger partial charge in [-0.1, -0.05) is 18.2 Å². The number of hydrogen-bond donors (Lipinski definition) is 1. The summed E-state index contributed by atoms with van der Waals surface area (Å²) in [5.41, 5.74) is 2.58. The Balaban J connectivity index is 1.86. The summed E-state index contributed by atoms with van der Waals surface area (Å²) in [6, 6.07) is 6.79. The van der Waals surface area contributed by atoms with E-state index in [9.17, 15) is 18.3 Å². The van der Waals surface area contributed by atoms with Gasteiger partial charge in [-0.2, -0.15) is 13.5 Å². The van der Waals surface area contributed by atoms with Gasteiger partial charge in [0.2, 0.25) is 0 Å². The number of para-hydroxylation sites is 1. The Morgan fingerprint density at radius 1 is 1.29 bits per heavy atom. The summed E-state index contributed by atoms with van der Waals surface area (Å²) in [5.74, 6) is -1.87. The highest BCUT2D eigenvalue weighted by atomic mass is 32.2. The molecular weight excluding hydrogens is 330 g/mol. The molecule has 2 aromatic rings. The minimum absolute atomic E-state index is 0.0863. The molecular formula is C16H17N3O4S. The fraction of sp³-hybridized carbons (Fsp3) is 0.375.